The molecule has 1 aliphatic rings. The van der Waals surface area contributed by atoms with Crippen LogP contribution in [0.5, 0.6) is 0 Å². The lowest BCUT2D eigenvalue weighted by Crippen LogP contribution is -2.52. The minimum atomic E-state index is -0.860. The van der Waals surface area contributed by atoms with E-state index in [4.69, 9.17) is 14.2 Å². The number of hydrogen-bond donors (Lipinski definition) is 2. The van der Waals surface area contributed by atoms with E-state index in [1.165, 1.54) is 18.7 Å². The number of ether oxygens (including phenoxy) is 3. The summed E-state index contributed by atoms with van der Waals surface area (Å²) in [6.45, 7) is 4.69. The third-order valence-electron chi connectivity index (χ3n) is 4.50. The van der Waals surface area contributed by atoms with E-state index in [1.54, 1.807) is 38.1 Å². The molecule has 0 radical (unpaired) electrons. The standard InChI is InChI=1S/C21H26N4O5/c1-21(2)29-9-8-28-17(12-24-20(27)16-10-22-14-23-11-16)18(30-21)13-25-19(26)15-6-4-3-5-7-15/h3-7,10-11,14,17-18H,8-9,12-13H2,1-2H3,(H,24,27)(H,25,26)/t17-,18+/m1/s1. The number of benzene rings is 1. The number of hydrogen-bond acceptors (Lipinski definition) is 7. The Bertz CT molecular complexity index is 832. The fourth-order valence-corrected chi connectivity index (χ4v) is 3.03. The Balaban J connectivity index is 1.65. The van der Waals surface area contributed by atoms with Crippen molar-refractivity contribution in [2.75, 3.05) is 26.3 Å². The molecular weight excluding hydrogens is 388 g/mol. The maximum absolute atomic E-state index is 12.4. The number of amides is 2. The Morgan fingerprint density at radius 1 is 0.967 bits per heavy atom. The molecule has 1 fully saturated rings. The number of rotatable bonds is 6. The van der Waals surface area contributed by atoms with E-state index in [9.17, 15) is 9.59 Å². The predicted molar refractivity (Wildman–Crippen MR) is 108 cm³/mol. The second kappa shape index (κ2) is 10.2. The largest absolute Gasteiger partial charge is 0.371 e. The Hall–Kier alpha value is -2.88. The second-order valence-corrected chi connectivity index (χ2v) is 7.23. The molecule has 2 aromatic rings. The van der Waals surface area contributed by atoms with Crippen LogP contribution in [0.2, 0.25) is 0 Å². The fourth-order valence-electron chi connectivity index (χ4n) is 3.03. The first kappa shape index (κ1) is 21.8. The van der Waals surface area contributed by atoms with Gasteiger partial charge in [-0.25, -0.2) is 9.97 Å². The number of aromatic nitrogens is 2. The number of nitrogens with zero attached hydrogens (tertiary/aromatic N) is 2. The minimum Gasteiger partial charge on any atom is -0.371 e. The molecule has 0 unspecified atom stereocenters. The molecule has 0 saturated carbocycles. The van der Waals surface area contributed by atoms with E-state index in [1.807, 2.05) is 6.07 Å². The lowest BCUT2D eigenvalue weighted by molar-refractivity contribution is -0.277. The van der Waals surface area contributed by atoms with E-state index in [0.29, 0.717) is 24.3 Å². The van der Waals surface area contributed by atoms with E-state index in [2.05, 4.69) is 20.6 Å². The quantitative estimate of drug-likeness (QED) is 0.730. The van der Waals surface area contributed by atoms with Gasteiger partial charge in [0.05, 0.1) is 18.8 Å². The van der Waals surface area contributed by atoms with Gasteiger partial charge in [0.25, 0.3) is 11.8 Å². The molecular formula is C21H26N4O5. The summed E-state index contributed by atoms with van der Waals surface area (Å²) in [4.78, 5) is 32.5. The highest BCUT2D eigenvalue weighted by atomic mass is 16.7. The van der Waals surface area contributed by atoms with Gasteiger partial charge in [0.2, 0.25) is 0 Å². The average molecular weight is 414 g/mol. The van der Waals surface area contributed by atoms with E-state index < -0.39 is 18.0 Å². The Labute approximate surface area is 175 Å². The summed E-state index contributed by atoms with van der Waals surface area (Å²) in [5, 5.41) is 5.69. The first-order valence-electron chi connectivity index (χ1n) is 9.74. The summed E-state index contributed by atoms with van der Waals surface area (Å²) in [6.07, 6.45) is 3.20. The molecule has 1 aromatic heterocycles. The number of nitrogens with one attached hydrogen (secondary N) is 2. The smallest absolute Gasteiger partial charge is 0.254 e. The van der Waals surface area contributed by atoms with Crippen molar-refractivity contribution in [2.45, 2.75) is 31.8 Å². The molecule has 9 heteroatoms. The van der Waals surface area contributed by atoms with Gasteiger partial charge in [-0.1, -0.05) is 18.2 Å². The van der Waals surface area contributed by atoms with Gasteiger partial charge in [-0.3, -0.25) is 9.59 Å². The third kappa shape index (κ3) is 6.31. The van der Waals surface area contributed by atoms with Crippen LogP contribution in [0.1, 0.15) is 34.6 Å². The molecule has 1 aliphatic heterocycles. The van der Waals surface area contributed by atoms with Crippen LogP contribution in [0, 0.1) is 0 Å². The molecule has 1 saturated heterocycles. The summed E-state index contributed by atoms with van der Waals surface area (Å²) >= 11 is 0. The van der Waals surface area contributed by atoms with Gasteiger partial charge in [-0.15, -0.1) is 0 Å². The Kier molecular flexibility index (Phi) is 7.45. The van der Waals surface area contributed by atoms with Gasteiger partial charge in [-0.2, -0.15) is 0 Å². The molecule has 0 bridgehead atoms. The van der Waals surface area contributed by atoms with Gasteiger partial charge in [-0.05, 0) is 26.0 Å². The van der Waals surface area contributed by atoms with Crippen molar-refractivity contribution in [3.63, 3.8) is 0 Å². The molecule has 0 aliphatic carbocycles. The lowest BCUT2D eigenvalue weighted by Gasteiger charge is -2.37. The summed E-state index contributed by atoms with van der Waals surface area (Å²) in [6, 6.07) is 8.91. The van der Waals surface area contributed by atoms with Crippen molar-refractivity contribution in [3.05, 3.63) is 60.2 Å². The molecule has 9 nitrogen and oxygen atoms in total. The zero-order valence-corrected chi connectivity index (χ0v) is 17.0. The monoisotopic (exact) mass is 414 g/mol. The molecule has 30 heavy (non-hydrogen) atoms. The van der Waals surface area contributed by atoms with E-state index >= 15 is 0 Å². The molecule has 2 N–H and O–H groups in total. The Morgan fingerprint density at radius 2 is 1.60 bits per heavy atom. The second-order valence-electron chi connectivity index (χ2n) is 7.23. The zero-order chi connectivity index (χ0) is 21.4. The molecule has 1 aromatic carbocycles. The maximum atomic E-state index is 12.4. The van der Waals surface area contributed by atoms with Crippen molar-refractivity contribution >= 4 is 11.8 Å². The van der Waals surface area contributed by atoms with Crippen molar-refractivity contribution < 1.29 is 23.8 Å². The topological polar surface area (TPSA) is 112 Å². The van der Waals surface area contributed by atoms with Crippen molar-refractivity contribution in [1.82, 2.24) is 20.6 Å². The molecule has 2 amide bonds. The van der Waals surface area contributed by atoms with Crippen LogP contribution in [0.15, 0.2) is 49.1 Å². The summed E-state index contributed by atoms with van der Waals surface area (Å²) in [5.41, 5.74) is 0.899. The van der Waals surface area contributed by atoms with Crippen LogP contribution in [-0.4, -0.2) is 66.1 Å². The fraction of sp³-hybridized carbons (Fsp3) is 0.429. The van der Waals surface area contributed by atoms with Crippen LogP contribution >= 0.6 is 0 Å². The van der Waals surface area contributed by atoms with E-state index in [0.717, 1.165) is 0 Å². The summed E-state index contributed by atoms with van der Waals surface area (Å²) in [5.74, 6) is -1.39. The molecule has 160 valence electrons. The highest BCUT2D eigenvalue weighted by molar-refractivity contribution is 5.94. The highest BCUT2D eigenvalue weighted by Gasteiger charge is 2.33. The highest BCUT2D eigenvalue weighted by Crippen LogP contribution is 2.20. The SMILES string of the molecule is CC1(C)OCCO[C@H](CNC(=O)c2cncnc2)[C@H](CNC(=O)c2ccccc2)O1. The van der Waals surface area contributed by atoms with Crippen LogP contribution in [0.4, 0.5) is 0 Å². The van der Waals surface area contributed by atoms with Crippen molar-refractivity contribution in [3.8, 4) is 0 Å². The van der Waals surface area contributed by atoms with Gasteiger partial charge in [0, 0.05) is 31.0 Å². The molecule has 2 heterocycles. The summed E-state index contributed by atoms with van der Waals surface area (Å²) in [7, 11) is 0. The third-order valence-corrected chi connectivity index (χ3v) is 4.50. The number of carbonyl (C=O) groups excluding carboxylic acids is 2. The average Bonchev–Trinajstić information content (AvgIpc) is 2.76. The minimum absolute atomic E-state index is 0.190. The van der Waals surface area contributed by atoms with Crippen molar-refractivity contribution in [1.29, 1.82) is 0 Å². The maximum Gasteiger partial charge on any atom is 0.254 e. The first-order chi connectivity index (χ1) is 14.4. The van der Waals surface area contributed by atoms with Gasteiger partial charge in [0.1, 0.15) is 18.5 Å². The number of carbonyl (C=O) groups is 2. The molecule has 0 spiro atoms. The van der Waals surface area contributed by atoms with Crippen LogP contribution in [-0.2, 0) is 14.2 Å². The first-order valence-corrected chi connectivity index (χ1v) is 9.74. The van der Waals surface area contributed by atoms with E-state index in [-0.39, 0.29) is 24.9 Å². The van der Waals surface area contributed by atoms with Crippen LogP contribution in [0.25, 0.3) is 0 Å². The van der Waals surface area contributed by atoms with Crippen LogP contribution in [0.3, 0.4) is 0 Å². The predicted octanol–water partition coefficient (Wildman–Crippen LogP) is 1.17. The zero-order valence-electron chi connectivity index (χ0n) is 17.0. The molecule has 3 rings (SSSR count). The van der Waals surface area contributed by atoms with Crippen molar-refractivity contribution in [2.24, 2.45) is 0 Å². The normalized spacial score (nSPS) is 21.1. The molecule has 2 atom stereocenters. The van der Waals surface area contributed by atoms with Crippen LogP contribution < -0.4 is 10.6 Å². The van der Waals surface area contributed by atoms with Gasteiger partial charge in [0.15, 0.2) is 5.79 Å². The van der Waals surface area contributed by atoms with Gasteiger partial charge < -0.3 is 24.8 Å². The lowest BCUT2D eigenvalue weighted by atomic mass is 10.1. The summed E-state index contributed by atoms with van der Waals surface area (Å²) < 4.78 is 17.6. The van der Waals surface area contributed by atoms with Gasteiger partial charge >= 0.3 is 0 Å². The Morgan fingerprint density at radius 3 is 2.30 bits per heavy atom.